The number of nitrogens with one attached hydrogen (secondary N) is 2. The Kier molecular flexibility index (Phi) is 5.12. The number of amides is 1. The van der Waals surface area contributed by atoms with Crippen LogP contribution in [0.15, 0.2) is 42.7 Å². The van der Waals surface area contributed by atoms with Crippen LogP contribution in [-0.4, -0.2) is 42.0 Å². The predicted molar refractivity (Wildman–Crippen MR) is 86.4 cm³/mol. The zero-order chi connectivity index (χ0) is 16.9. The molecule has 2 aromatic rings. The highest BCUT2D eigenvalue weighted by Crippen LogP contribution is 2.21. The van der Waals surface area contributed by atoms with Gasteiger partial charge in [0.25, 0.3) is 0 Å². The molecular formula is C17H18F2N4O. The van der Waals surface area contributed by atoms with E-state index in [9.17, 15) is 13.6 Å². The number of hydrogen-bond donors (Lipinski definition) is 2. The van der Waals surface area contributed by atoms with Gasteiger partial charge in [-0.25, -0.2) is 8.78 Å². The summed E-state index contributed by atoms with van der Waals surface area (Å²) < 4.78 is 26.6. The number of carbonyl (C=O) groups is 1. The zero-order valence-corrected chi connectivity index (χ0v) is 13.0. The Morgan fingerprint density at radius 1 is 1.38 bits per heavy atom. The van der Waals surface area contributed by atoms with Crippen molar-refractivity contribution in [2.75, 3.05) is 31.5 Å². The summed E-state index contributed by atoms with van der Waals surface area (Å²) in [7, 11) is 0. The Balaban J connectivity index is 1.67. The maximum atomic E-state index is 13.6. The third-order valence-electron chi connectivity index (χ3n) is 3.98. The van der Waals surface area contributed by atoms with Crippen molar-refractivity contribution in [1.29, 1.82) is 0 Å². The topological polar surface area (TPSA) is 57.3 Å². The average molecular weight is 332 g/mol. The summed E-state index contributed by atoms with van der Waals surface area (Å²) in [6, 6.07) is 6.93. The lowest BCUT2D eigenvalue weighted by molar-refractivity contribution is -0.118. The third kappa shape index (κ3) is 3.93. The normalized spacial score (nSPS) is 18.3. The number of rotatable bonds is 4. The first-order valence-electron chi connectivity index (χ1n) is 7.73. The molecule has 1 aliphatic heterocycles. The van der Waals surface area contributed by atoms with Crippen molar-refractivity contribution in [2.24, 2.45) is 0 Å². The summed E-state index contributed by atoms with van der Waals surface area (Å²) in [5, 5.41) is 5.80. The first-order valence-corrected chi connectivity index (χ1v) is 7.73. The second-order valence-electron chi connectivity index (χ2n) is 5.65. The molecule has 0 saturated carbocycles. The summed E-state index contributed by atoms with van der Waals surface area (Å²) in [6.07, 6.45) is 3.48. The van der Waals surface area contributed by atoms with E-state index in [0.29, 0.717) is 13.1 Å². The van der Waals surface area contributed by atoms with Gasteiger partial charge < -0.3 is 10.6 Å². The van der Waals surface area contributed by atoms with Crippen LogP contribution in [-0.2, 0) is 4.79 Å². The van der Waals surface area contributed by atoms with Crippen LogP contribution in [0.3, 0.4) is 0 Å². The van der Waals surface area contributed by atoms with Gasteiger partial charge in [-0.05, 0) is 23.8 Å². The highest BCUT2D eigenvalue weighted by molar-refractivity contribution is 5.92. The molecule has 1 saturated heterocycles. The number of nitrogens with zero attached hydrogens (tertiary/aromatic N) is 2. The molecule has 7 heteroatoms. The molecule has 24 heavy (non-hydrogen) atoms. The molecular weight excluding hydrogens is 314 g/mol. The molecule has 2 N–H and O–H groups in total. The van der Waals surface area contributed by atoms with Gasteiger partial charge >= 0.3 is 0 Å². The van der Waals surface area contributed by atoms with Gasteiger partial charge in [-0.2, -0.15) is 0 Å². The van der Waals surface area contributed by atoms with E-state index in [1.807, 2.05) is 17.0 Å². The number of hydrogen-bond acceptors (Lipinski definition) is 4. The van der Waals surface area contributed by atoms with E-state index in [0.717, 1.165) is 24.2 Å². The lowest BCUT2D eigenvalue weighted by atomic mass is 10.1. The first kappa shape index (κ1) is 16.5. The number of carbonyl (C=O) groups excluding carboxylic acids is 1. The van der Waals surface area contributed by atoms with E-state index in [1.54, 1.807) is 12.4 Å². The van der Waals surface area contributed by atoms with Gasteiger partial charge in [0.2, 0.25) is 5.91 Å². The van der Waals surface area contributed by atoms with Gasteiger partial charge in [-0.3, -0.25) is 14.7 Å². The summed E-state index contributed by atoms with van der Waals surface area (Å²) in [6.45, 7) is 2.30. The predicted octanol–water partition coefficient (Wildman–Crippen LogP) is 1.94. The van der Waals surface area contributed by atoms with Crippen LogP contribution in [0.1, 0.15) is 11.6 Å². The Hall–Kier alpha value is -2.38. The third-order valence-corrected chi connectivity index (χ3v) is 3.98. The van der Waals surface area contributed by atoms with E-state index in [2.05, 4.69) is 15.6 Å². The quantitative estimate of drug-likeness (QED) is 0.898. The van der Waals surface area contributed by atoms with Gasteiger partial charge in [0, 0.05) is 44.1 Å². The largest absolute Gasteiger partial charge is 0.322 e. The molecule has 0 spiro atoms. The van der Waals surface area contributed by atoms with Crippen molar-refractivity contribution >= 4 is 11.6 Å². The molecule has 0 bridgehead atoms. The molecule has 126 valence electrons. The highest BCUT2D eigenvalue weighted by Gasteiger charge is 2.25. The van der Waals surface area contributed by atoms with Gasteiger partial charge in [-0.1, -0.05) is 6.07 Å². The van der Waals surface area contributed by atoms with Gasteiger partial charge in [0.15, 0.2) is 0 Å². The van der Waals surface area contributed by atoms with Gasteiger partial charge in [0.1, 0.15) is 11.6 Å². The number of halogens is 2. The fourth-order valence-corrected chi connectivity index (χ4v) is 2.80. The maximum absolute atomic E-state index is 13.6. The minimum absolute atomic E-state index is 0.0190. The molecule has 5 nitrogen and oxygen atoms in total. The summed E-state index contributed by atoms with van der Waals surface area (Å²) in [5.41, 5.74) is 1.000. The lowest BCUT2D eigenvalue weighted by Gasteiger charge is -2.35. The Morgan fingerprint density at radius 2 is 2.25 bits per heavy atom. The van der Waals surface area contributed by atoms with Crippen molar-refractivity contribution in [3.8, 4) is 0 Å². The molecule has 1 aromatic carbocycles. The fraction of sp³-hybridized carbons (Fsp3) is 0.294. The van der Waals surface area contributed by atoms with Crippen molar-refractivity contribution in [1.82, 2.24) is 15.2 Å². The number of aromatic nitrogens is 1. The number of piperazine rings is 1. The highest BCUT2D eigenvalue weighted by atomic mass is 19.1. The van der Waals surface area contributed by atoms with E-state index in [1.165, 1.54) is 6.07 Å². The summed E-state index contributed by atoms with van der Waals surface area (Å²) in [4.78, 5) is 18.4. The molecule has 1 aliphatic rings. The van der Waals surface area contributed by atoms with Crippen molar-refractivity contribution in [3.63, 3.8) is 0 Å². The molecule has 1 amide bonds. The molecule has 1 aromatic heterocycles. The lowest BCUT2D eigenvalue weighted by Crippen LogP contribution is -2.48. The van der Waals surface area contributed by atoms with Crippen molar-refractivity contribution in [2.45, 2.75) is 6.04 Å². The second kappa shape index (κ2) is 7.46. The summed E-state index contributed by atoms with van der Waals surface area (Å²) >= 11 is 0. The Labute approximate surface area is 138 Å². The molecule has 3 rings (SSSR count). The van der Waals surface area contributed by atoms with Crippen LogP contribution >= 0.6 is 0 Å². The van der Waals surface area contributed by atoms with Crippen molar-refractivity contribution in [3.05, 3.63) is 59.9 Å². The molecule has 1 unspecified atom stereocenters. The maximum Gasteiger partial charge on any atom is 0.238 e. The Bertz CT molecular complexity index is 711. The Morgan fingerprint density at radius 3 is 3.00 bits per heavy atom. The molecule has 1 atom stereocenters. The van der Waals surface area contributed by atoms with Crippen LogP contribution in [0.4, 0.5) is 14.5 Å². The minimum Gasteiger partial charge on any atom is -0.322 e. The monoisotopic (exact) mass is 332 g/mol. The van der Waals surface area contributed by atoms with E-state index >= 15 is 0 Å². The average Bonchev–Trinajstić information content (AvgIpc) is 2.59. The standard InChI is InChI=1S/C17H18F2N4O/c18-13-3-4-15(14(19)8-13)22-17(24)11-23-7-6-21-10-16(23)12-2-1-5-20-9-12/h1-5,8-9,16,21H,6-7,10-11H2,(H,22,24). The number of anilines is 1. The van der Waals surface area contributed by atoms with Crippen LogP contribution < -0.4 is 10.6 Å². The SMILES string of the molecule is O=C(CN1CCNCC1c1cccnc1)Nc1ccc(F)cc1F. The van der Waals surface area contributed by atoms with E-state index in [4.69, 9.17) is 0 Å². The van der Waals surface area contributed by atoms with E-state index < -0.39 is 11.6 Å². The van der Waals surface area contributed by atoms with Crippen LogP contribution in [0, 0.1) is 11.6 Å². The molecule has 0 aliphatic carbocycles. The second-order valence-corrected chi connectivity index (χ2v) is 5.65. The molecule has 0 radical (unpaired) electrons. The van der Waals surface area contributed by atoms with Crippen molar-refractivity contribution < 1.29 is 13.6 Å². The number of pyridine rings is 1. The fourth-order valence-electron chi connectivity index (χ4n) is 2.80. The summed E-state index contributed by atoms with van der Waals surface area (Å²) in [5.74, 6) is -1.80. The van der Waals surface area contributed by atoms with Crippen LogP contribution in [0.5, 0.6) is 0 Å². The smallest absolute Gasteiger partial charge is 0.238 e. The molecule has 2 heterocycles. The van der Waals surface area contributed by atoms with E-state index in [-0.39, 0.29) is 24.2 Å². The molecule has 1 fully saturated rings. The first-order chi connectivity index (χ1) is 11.6. The number of benzene rings is 1. The van der Waals surface area contributed by atoms with Crippen LogP contribution in [0.2, 0.25) is 0 Å². The van der Waals surface area contributed by atoms with Gasteiger partial charge in [0.05, 0.1) is 12.2 Å². The minimum atomic E-state index is -0.785. The van der Waals surface area contributed by atoms with Gasteiger partial charge in [-0.15, -0.1) is 0 Å². The van der Waals surface area contributed by atoms with Crippen LogP contribution in [0.25, 0.3) is 0 Å². The zero-order valence-electron chi connectivity index (χ0n) is 13.0.